The Morgan fingerprint density at radius 1 is 1.10 bits per heavy atom. The van der Waals surface area contributed by atoms with Crippen LogP contribution in [0.5, 0.6) is 0 Å². The quantitative estimate of drug-likeness (QED) is 0.135. The highest BCUT2D eigenvalue weighted by Gasteiger charge is 2.40. The van der Waals surface area contributed by atoms with Gasteiger partial charge < -0.3 is 20.3 Å². The van der Waals surface area contributed by atoms with Crippen molar-refractivity contribution in [1.82, 2.24) is 24.3 Å². The van der Waals surface area contributed by atoms with E-state index in [-0.39, 0.29) is 49.8 Å². The number of methoxy groups -OCH3 is 1. The molecule has 2 aromatic carbocycles. The number of aliphatic imine (C=N–C) groups is 2. The molecule has 17 heteroatoms. The molecule has 2 N–H and O–H groups in total. The second kappa shape index (κ2) is 14.8. The Balaban J connectivity index is 1.38. The Bertz CT molecular complexity index is 2050. The molecular weight excluding hydrogens is 707 g/mol. The van der Waals surface area contributed by atoms with Crippen LogP contribution in [0.4, 0.5) is 28.5 Å². The summed E-state index contributed by atoms with van der Waals surface area (Å²) in [6.45, 7) is 8.92. The monoisotopic (exact) mass is 745 g/mol. The van der Waals surface area contributed by atoms with Crippen molar-refractivity contribution in [3.8, 4) is 11.1 Å². The molecule has 4 aromatic rings. The SMILES string of the molecule is CCN1CCN(C[C@H]2CSc3c(-c4ccc(F)c5sc(N)nc45)c(C(F)(F)F)cc4c(N5CCC(N=C=NCCOC)CC5)nc(=O)n2c34)CC1. The number of aromatic nitrogens is 3. The molecule has 1 atom stereocenters. The maximum absolute atomic E-state index is 15.3. The lowest BCUT2D eigenvalue weighted by atomic mass is 9.95. The number of anilines is 2. The van der Waals surface area contributed by atoms with Crippen LogP contribution in [-0.2, 0) is 10.9 Å². The van der Waals surface area contributed by atoms with Crippen molar-refractivity contribution in [3.05, 3.63) is 40.1 Å². The molecule has 0 unspecified atom stereocenters. The number of ether oxygens (including phenoxy) is 1. The van der Waals surface area contributed by atoms with Gasteiger partial charge in [-0.3, -0.25) is 9.47 Å². The molecule has 11 nitrogen and oxygen atoms in total. The van der Waals surface area contributed by atoms with Gasteiger partial charge in [-0.15, -0.1) is 11.8 Å². The molecule has 0 radical (unpaired) electrons. The number of fused-ring (bicyclic) bond motifs is 1. The standard InChI is InChI=1S/C34H39F4N9O2S2/c1-3-44-11-13-45(14-12-44)17-21-18-50-30-26(22-4-5-25(35)29-27(22)42-32(39)51-29)24(34(36,37)38)16-23-28(30)47(21)33(48)43-31(23)46-9-6-20(7-10-46)41-19-40-8-15-49-2/h4-5,16,20-21H,3,6-15,17-18H2,1-2H3,(H2,39,42)/t21-/m0/s1. The van der Waals surface area contributed by atoms with E-state index in [1.165, 1.54) is 17.8 Å². The average Bonchev–Trinajstić information content (AvgIpc) is 3.52. The molecule has 7 rings (SSSR count). The summed E-state index contributed by atoms with van der Waals surface area (Å²) < 4.78 is 67.4. The van der Waals surface area contributed by atoms with Crippen LogP contribution >= 0.6 is 23.1 Å². The lowest BCUT2D eigenvalue weighted by molar-refractivity contribution is -0.137. The average molecular weight is 746 g/mol. The van der Waals surface area contributed by atoms with Crippen LogP contribution in [0.15, 0.2) is 37.9 Å². The number of nitrogens with two attached hydrogens (primary N) is 1. The van der Waals surface area contributed by atoms with Gasteiger partial charge in [-0.2, -0.15) is 18.2 Å². The molecule has 0 spiro atoms. The lowest BCUT2D eigenvalue weighted by Crippen LogP contribution is -2.49. The smallest absolute Gasteiger partial charge is 0.383 e. The normalized spacial score (nSPS) is 19.2. The summed E-state index contributed by atoms with van der Waals surface area (Å²) in [6, 6.07) is 5.95. The number of thioether (sulfide) groups is 1. The fraction of sp³-hybridized carbons (Fsp3) is 0.529. The van der Waals surface area contributed by atoms with Crippen molar-refractivity contribution >= 4 is 61.2 Å². The zero-order valence-electron chi connectivity index (χ0n) is 28.4. The fourth-order valence-corrected chi connectivity index (χ4v) is 9.34. The Morgan fingerprint density at radius 3 is 2.55 bits per heavy atom. The fourth-order valence-electron chi connectivity index (χ4n) is 7.25. The molecule has 2 saturated heterocycles. The highest BCUT2D eigenvalue weighted by Crippen LogP contribution is 2.51. The van der Waals surface area contributed by atoms with Gasteiger partial charge in [0.05, 0.1) is 52.5 Å². The summed E-state index contributed by atoms with van der Waals surface area (Å²) in [4.78, 5) is 38.4. The summed E-state index contributed by atoms with van der Waals surface area (Å²) in [5.41, 5.74) is 5.01. The Labute approximate surface area is 300 Å². The first-order chi connectivity index (χ1) is 24.6. The van der Waals surface area contributed by atoms with Crippen LogP contribution in [0.3, 0.4) is 0 Å². The van der Waals surface area contributed by atoms with Gasteiger partial charge in [0, 0.05) is 80.1 Å². The molecule has 0 saturated carbocycles. The molecule has 0 bridgehead atoms. The van der Waals surface area contributed by atoms with E-state index in [0.29, 0.717) is 61.8 Å². The third-order valence-corrected chi connectivity index (χ3v) is 12.0. The Hall–Kier alpha value is -3.60. The van der Waals surface area contributed by atoms with Crippen molar-refractivity contribution in [3.63, 3.8) is 0 Å². The van der Waals surface area contributed by atoms with Crippen molar-refractivity contribution in [2.45, 2.75) is 42.9 Å². The van der Waals surface area contributed by atoms with E-state index < -0.39 is 23.2 Å². The highest BCUT2D eigenvalue weighted by molar-refractivity contribution is 7.99. The molecule has 3 aliphatic heterocycles. The van der Waals surface area contributed by atoms with Gasteiger partial charge in [0.1, 0.15) is 11.6 Å². The summed E-state index contributed by atoms with van der Waals surface area (Å²) in [7, 11) is 1.59. The number of nitrogen functional groups attached to an aromatic ring is 1. The zero-order valence-corrected chi connectivity index (χ0v) is 30.0. The van der Waals surface area contributed by atoms with Gasteiger partial charge in [0.15, 0.2) is 5.13 Å². The highest BCUT2D eigenvalue weighted by atomic mass is 32.2. The number of likely N-dealkylation sites (N-methyl/N-ethyl adjacent to an activating group) is 1. The predicted molar refractivity (Wildman–Crippen MR) is 194 cm³/mol. The Kier molecular flexibility index (Phi) is 10.4. The van der Waals surface area contributed by atoms with E-state index in [0.717, 1.165) is 56.2 Å². The minimum absolute atomic E-state index is 0.0487. The van der Waals surface area contributed by atoms with Crippen molar-refractivity contribution in [2.75, 3.05) is 89.0 Å². The number of halogens is 4. The third-order valence-electron chi connectivity index (χ3n) is 9.88. The zero-order chi connectivity index (χ0) is 35.9. The number of piperazine rings is 1. The summed E-state index contributed by atoms with van der Waals surface area (Å²) in [5.74, 6) is -0.0237. The van der Waals surface area contributed by atoms with E-state index in [9.17, 15) is 9.18 Å². The first kappa shape index (κ1) is 35.8. The van der Waals surface area contributed by atoms with E-state index in [4.69, 9.17) is 10.5 Å². The van der Waals surface area contributed by atoms with E-state index >= 15 is 13.2 Å². The first-order valence-corrected chi connectivity index (χ1v) is 18.9. The number of nitrogens with zero attached hydrogens (tertiary/aromatic N) is 8. The second-order valence-electron chi connectivity index (χ2n) is 13.0. The summed E-state index contributed by atoms with van der Waals surface area (Å²) in [6.07, 6.45) is -3.60. The number of benzene rings is 2. The maximum atomic E-state index is 15.3. The molecule has 0 aliphatic carbocycles. The third kappa shape index (κ3) is 7.11. The molecule has 0 amide bonds. The minimum atomic E-state index is -4.79. The van der Waals surface area contributed by atoms with Gasteiger partial charge in [-0.1, -0.05) is 18.3 Å². The molecule has 272 valence electrons. The van der Waals surface area contributed by atoms with Gasteiger partial charge >= 0.3 is 11.9 Å². The van der Waals surface area contributed by atoms with E-state index in [1.54, 1.807) is 11.7 Å². The number of thiazole rings is 1. The van der Waals surface area contributed by atoms with Crippen LogP contribution in [0.1, 0.15) is 31.4 Å². The molecule has 3 aliphatic rings. The van der Waals surface area contributed by atoms with Crippen molar-refractivity contribution < 1.29 is 22.3 Å². The van der Waals surface area contributed by atoms with Gasteiger partial charge in [-0.25, -0.2) is 24.2 Å². The lowest BCUT2D eigenvalue weighted by Gasteiger charge is -2.38. The first-order valence-electron chi connectivity index (χ1n) is 17.0. The molecule has 5 heterocycles. The summed E-state index contributed by atoms with van der Waals surface area (Å²) >= 11 is 2.19. The van der Waals surface area contributed by atoms with E-state index in [2.05, 4.69) is 42.7 Å². The molecule has 2 aromatic heterocycles. The number of hydrogen-bond acceptors (Lipinski definition) is 12. The van der Waals surface area contributed by atoms with Gasteiger partial charge in [0.2, 0.25) is 0 Å². The van der Waals surface area contributed by atoms with Gasteiger partial charge in [-0.05, 0) is 37.6 Å². The number of piperidine rings is 1. The topological polar surface area (TPSA) is 117 Å². The number of hydrogen-bond donors (Lipinski definition) is 1. The predicted octanol–water partition coefficient (Wildman–Crippen LogP) is 5.49. The van der Waals surface area contributed by atoms with Gasteiger partial charge in [0.25, 0.3) is 0 Å². The molecule has 2 fully saturated rings. The van der Waals surface area contributed by atoms with Crippen LogP contribution in [0.25, 0.3) is 32.2 Å². The molecular formula is C34H39F4N9O2S2. The van der Waals surface area contributed by atoms with Crippen LogP contribution in [0, 0.1) is 5.82 Å². The largest absolute Gasteiger partial charge is 0.417 e. The van der Waals surface area contributed by atoms with Crippen LogP contribution in [-0.4, -0.2) is 115 Å². The summed E-state index contributed by atoms with van der Waals surface area (Å²) in [5, 5.41) is 0.306. The maximum Gasteiger partial charge on any atom is 0.417 e. The Morgan fingerprint density at radius 2 is 1.84 bits per heavy atom. The minimum Gasteiger partial charge on any atom is -0.383 e. The number of rotatable bonds is 9. The second-order valence-corrected chi connectivity index (χ2v) is 15.0. The van der Waals surface area contributed by atoms with E-state index in [1.807, 2.05) is 4.90 Å². The number of alkyl halides is 3. The van der Waals surface area contributed by atoms with Crippen LogP contribution in [0.2, 0.25) is 0 Å². The van der Waals surface area contributed by atoms with Crippen molar-refractivity contribution in [2.24, 2.45) is 9.98 Å². The molecule has 51 heavy (non-hydrogen) atoms. The van der Waals surface area contributed by atoms with Crippen molar-refractivity contribution in [1.29, 1.82) is 0 Å². The van der Waals surface area contributed by atoms with Crippen LogP contribution < -0.4 is 16.3 Å².